The lowest BCUT2D eigenvalue weighted by Gasteiger charge is -2.32. The number of benzene rings is 1. The third-order valence-electron chi connectivity index (χ3n) is 4.88. The molecule has 0 spiro atoms. The molecule has 3 heterocycles. The second-order valence-electron chi connectivity index (χ2n) is 7.01. The Bertz CT molecular complexity index is 992. The minimum absolute atomic E-state index is 0.138. The number of halogens is 1. The summed E-state index contributed by atoms with van der Waals surface area (Å²) in [7, 11) is 0. The number of aryl methyl sites for hydroxylation is 1. The van der Waals surface area contributed by atoms with Crippen LogP contribution in [0.1, 0.15) is 39.1 Å². The topological polar surface area (TPSA) is 68.2 Å². The van der Waals surface area contributed by atoms with Gasteiger partial charge in [0.25, 0.3) is 5.91 Å². The summed E-state index contributed by atoms with van der Waals surface area (Å²) in [5.74, 6) is -0.138. The quantitative estimate of drug-likeness (QED) is 0.659. The first-order chi connectivity index (χ1) is 14.1. The number of amides is 1. The molecule has 29 heavy (non-hydrogen) atoms. The van der Waals surface area contributed by atoms with Gasteiger partial charge in [0.15, 0.2) is 0 Å². The van der Waals surface area contributed by atoms with E-state index in [0.29, 0.717) is 25.4 Å². The van der Waals surface area contributed by atoms with E-state index in [9.17, 15) is 4.79 Å². The number of carbonyl (C=O) groups is 1. The molecule has 0 N–H and O–H groups in total. The second-order valence-corrected chi connectivity index (χ2v) is 7.42. The molecule has 0 unspecified atom stereocenters. The molecule has 0 aliphatic carbocycles. The largest absolute Gasteiger partial charge is 0.368 e. The zero-order valence-corrected chi connectivity index (χ0v) is 16.8. The highest BCUT2D eigenvalue weighted by atomic mass is 35.5. The van der Waals surface area contributed by atoms with Crippen molar-refractivity contribution in [2.75, 3.05) is 19.7 Å². The number of ether oxygens (including phenoxy) is 1. The monoisotopic (exact) mass is 408 g/mol. The van der Waals surface area contributed by atoms with Gasteiger partial charge in [-0.25, -0.2) is 4.98 Å². The van der Waals surface area contributed by atoms with Gasteiger partial charge in [0.05, 0.1) is 30.7 Å². The van der Waals surface area contributed by atoms with E-state index in [2.05, 4.69) is 15.0 Å². The fraction of sp³-hybridized carbons (Fsp3) is 0.273. The maximum absolute atomic E-state index is 12.7. The standard InChI is InChI=1S/C22H21ClN4O2/c1-15-11-25-20(13-24-15)22(28)27-8-9-29-21(14-27)19-7-6-16(12-26-19)10-17-4-2-3-5-18(17)23/h2-7,11-13,21H,8-10,14H2,1H3/t21-/m1/s1. The van der Waals surface area contributed by atoms with Crippen molar-refractivity contribution in [3.05, 3.63) is 88.2 Å². The van der Waals surface area contributed by atoms with Crippen LogP contribution in [0.25, 0.3) is 0 Å². The molecule has 4 rings (SSSR count). The van der Waals surface area contributed by atoms with Crippen molar-refractivity contribution in [3.8, 4) is 0 Å². The normalized spacial score (nSPS) is 16.6. The zero-order chi connectivity index (χ0) is 20.2. The van der Waals surface area contributed by atoms with Gasteiger partial charge in [0.1, 0.15) is 11.8 Å². The predicted octanol–water partition coefficient (Wildman–Crippen LogP) is 3.64. The number of aromatic nitrogens is 3. The lowest BCUT2D eigenvalue weighted by atomic mass is 10.1. The third kappa shape index (κ3) is 4.60. The zero-order valence-electron chi connectivity index (χ0n) is 16.1. The maximum Gasteiger partial charge on any atom is 0.274 e. The Hall–Kier alpha value is -2.83. The van der Waals surface area contributed by atoms with E-state index < -0.39 is 0 Å². The minimum atomic E-state index is -0.263. The summed E-state index contributed by atoms with van der Waals surface area (Å²) in [6, 6.07) is 11.8. The van der Waals surface area contributed by atoms with Crippen molar-refractivity contribution in [3.63, 3.8) is 0 Å². The van der Waals surface area contributed by atoms with E-state index in [1.54, 1.807) is 11.1 Å². The molecule has 1 saturated heterocycles. The highest BCUT2D eigenvalue weighted by molar-refractivity contribution is 6.31. The van der Waals surface area contributed by atoms with Crippen LogP contribution in [0.4, 0.5) is 0 Å². The molecule has 6 nitrogen and oxygen atoms in total. The molecular formula is C22H21ClN4O2. The smallest absolute Gasteiger partial charge is 0.274 e. The van der Waals surface area contributed by atoms with E-state index >= 15 is 0 Å². The Labute approximate surface area is 174 Å². The van der Waals surface area contributed by atoms with Gasteiger partial charge in [-0.05, 0) is 30.2 Å². The van der Waals surface area contributed by atoms with Crippen LogP contribution in [0, 0.1) is 6.92 Å². The summed E-state index contributed by atoms with van der Waals surface area (Å²) in [5.41, 5.74) is 4.07. The molecule has 2 aromatic heterocycles. The number of carbonyl (C=O) groups excluding carboxylic acids is 1. The first-order valence-corrected chi connectivity index (χ1v) is 9.86. The highest BCUT2D eigenvalue weighted by Gasteiger charge is 2.27. The molecule has 1 aliphatic rings. The molecule has 1 amide bonds. The molecule has 0 saturated carbocycles. The summed E-state index contributed by atoms with van der Waals surface area (Å²) in [6.45, 7) is 3.26. The van der Waals surface area contributed by atoms with Crippen LogP contribution < -0.4 is 0 Å². The fourth-order valence-corrected chi connectivity index (χ4v) is 3.47. The highest BCUT2D eigenvalue weighted by Crippen LogP contribution is 2.23. The first kappa shape index (κ1) is 19.5. The van der Waals surface area contributed by atoms with Gasteiger partial charge in [-0.15, -0.1) is 0 Å². The van der Waals surface area contributed by atoms with Crippen LogP contribution in [0.15, 0.2) is 55.0 Å². The predicted molar refractivity (Wildman–Crippen MR) is 110 cm³/mol. The lowest BCUT2D eigenvalue weighted by Crippen LogP contribution is -2.42. The number of hydrogen-bond donors (Lipinski definition) is 0. The van der Waals surface area contributed by atoms with E-state index in [1.165, 1.54) is 6.20 Å². The summed E-state index contributed by atoms with van der Waals surface area (Å²) in [5, 5.41) is 0.751. The summed E-state index contributed by atoms with van der Waals surface area (Å²) in [6.07, 6.45) is 5.41. The fourth-order valence-electron chi connectivity index (χ4n) is 3.27. The Kier molecular flexibility index (Phi) is 5.83. The van der Waals surface area contributed by atoms with Crippen LogP contribution in [-0.4, -0.2) is 45.5 Å². The molecule has 1 aromatic carbocycles. The van der Waals surface area contributed by atoms with Crippen LogP contribution in [0.3, 0.4) is 0 Å². The maximum atomic E-state index is 12.7. The Morgan fingerprint density at radius 2 is 2.00 bits per heavy atom. The number of morpholine rings is 1. The van der Waals surface area contributed by atoms with E-state index in [1.807, 2.05) is 49.5 Å². The van der Waals surface area contributed by atoms with Crippen LogP contribution in [0.2, 0.25) is 5.02 Å². The van der Waals surface area contributed by atoms with Crippen molar-refractivity contribution >= 4 is 17.5 Å². The van der Waals surface area contributed by atoms with Gasteiger partial charge < -0.3 is 9.64 Å². The van der Waals surface area contributed by atoms with Crippen LogP contribution in [0.5, 0.6) is 0 Å². The van der Waals surface area contributed by atoms with Gasteiger partial charge in [0.2, 0.25) is 0 Å². The average molecular weight is 409 g/mol. The summed E-state index contributed by atoms with van der Waals surface area (Å²) >= 11 is 6.24. The number of nitrogens with zero attached hydrogens (tertiary/aromatic N) is 4. The van der Waals surface area contributed by atoms with E-state index in [-0.39, 0.29) is 12.0 Å². The molecule has 0 bridgehead atoms. The molecule has 0 radical (unpaired) electrons. The Morgan fingerprint density at radius 1 is 1.14 bits per heavy atom. The third-order valence-corrected chi connectivity index (χ3v) is 5.25. The van der Waals surface area contributed by atoms with Crippen molar-refractivity contribution in [2.45, 2.75) is 19.4 Å². The molecule has 7 heteroatoms. The van der Waals surface area contributed by atoms with Crippen molar-refractivity contribution < 1.29 is 9.53 Å². The van der Waals surface area contributed by atoms with Crippen LogP contribution in [-0.2, 0) is 11.2 Å². The first-order valence-electron chi connectivity index (χ1n) is 9.48. The summed E-state index contributed by atoms with van der Waals surface area (Å²) in [4.78, 5) is 27.4. The minimum Gasteiger partial charge on any atom is -0.368 e. The van der Waals surface area contributed by atoms with Crippen LogP contribution >= 0.6 is 11.6 Å². The van der Waals surface area contributed by atoms with Gasteiger partial charge in [-0.3, -0.25) is 14.8 Å². The van der Waals surface area contributed by atoms with Crippen molar-refractivity contribution in [2.24, 2.45) is 0 Å². The van der Waals surface area contributed by atoms with Gasteiger partial charge >= 0.3 is 0 Å². The molecule has 1 atom stereocenters. The molecular weight excluding hydrogens is 388 g/mol. The van der Waals surface area contributed by atoms with Crippen molar-refractivity contribution in [1.82, 2.24) is 19.9 Å². The number of hydrogen-bond acceptors (Lipinski definition) is 5. The molecule has 148 valence electrons. The van der Waals surface area contributed by atoms with Gasteiger partial charge in [-0.2, -0.15) is 0 Å². The molecule has 1 aliphatic heterocycles. The van der Waals surface area contributed by atoms with Gasteiger partial charge in [-0.1, -0.05) is 35.9 Å². The van der Waals surface area contributed by atoms with Gasteiger partial charge in [0, 0.05) is 30.4 Å². The SMILES string of the molecule is Cc1cnc(C(=O)N2CCO[C@@H](c3ccc(Cc4ccccc4Cl)cn3)C2)cn1. The second kappa shape index (κ2) is 8.68. The van der Waals surface area contributed by atoms with E-state index in [0.717, 1.165) is 34.0 Å². The average Bonchev–Trinajstić information content (AvgIpc) is 2.76. The summed E-state index contributed by atoms with van der Waals surface area (Å²) < 4.78 is 5.86. The van der Waals surface area contributed by atoms with Crippen molar-refractivity contribution in [1.29, 1.82) is 0 Å². The lowest BCUT2D eigenvalue weighted by molar-refractivity contribution is -0.0249. The Balaban J connectivity index is 1.43. The Morgan fingerprint density at radius 3 is 2.72 bits per heavy atom. The molecule has 1 fully saturated rings. The number of rotatable bonds is 4. The number of pyridine rings is 1. The molecule has 3 aromatic rings. The van der Waals surface area contributed by atoms with E-state index in [4.69, 9.17) is 16.3 Å².